The third kappa shape index (κ3) is 4.11. The lowest BCUT2D eigenvalue weighted by Crippen LogP contribution is -2.04. The van der Waals surface area contributed by atoms with Gasteiger partial charge in [-0.2, -0.15) is 0 Å². The van der Waals surface area contributed by atoms with Gasteiger partial charge in [0.05, 0.1) is 0 Å². The van der Waals surface area contributed by atoms with Gasteiger partial charge >= 0.3 is 0 Å². The van der Waals surface area contributed by atoms with E-state index in [4.69, 9.17) is 5.11 Å². The molecule has 2 rings (SSSR count). The Balaban J connectivity index is 2.13. The molecule has 2 heteroatoms. The van der Waals surface area contributed by atoms with E-state index in [0.717, 1.165) is 19.3 Å². The number of hydrogen-bond donors (Lipinski definition) is 2. The molecule has 0 amide bonds. The zero-order valence-electron chi connectivity index (χ0n) is 11.0. The van der Waals surface area contributed by atoms with Crippen LogP contribution in [0.25, 0.3) is 0 Å². The highest BCUT2D eigenvalue weighted by Gasteiger charge is 2.12. The molecule has 0 radical (unpaired) electrons. The zero-order chi connectivity index (χ0) is 13.5. The first-order chi connectivity index (χ1) is 9.29. The Morgan fingerprint density at radius 1 is 0.895 bits per heavy atom. The van der Waals surface area contributed by atoms with E-state index in [1.807, 2.05) is 18.2 Å². The summed E-state index contributed by atoms with van der Waals surface area (Å²) >= 11 is 0. The highest BCUT2D eigenvalue weighted by molar-refractivity contribution is 5.30. The molecule has 0 spiro atoms. The van der Waals surface area contributed by atoms with Crippen molar-refractivity contribution in [2.24, 2.45) is 0 Å². The summed E-state index contributed by atoms with van der Waals surface area (Å²) in [5, 5.41) is 18.4. The molecule has 0 saturated carbocycles. The van der Waals surface area contributed by atoms with E-state index in [2.05, 4.69) is 24.3 Å². The maximum absolute atomic E-state index is 9.36. The molecule has 0 aliphatic carbocycles. The first-order valence-corrected chi connectivity index (χ1v) is 6.73. The van der Waals surface area contributed by atoms with Gasteiger partial charge in [-0.25, -0.2) is 0 Å². The number of rotatable bonds is 6. The number of aromatic hydroxyl groups is 1. The van der Waals surface area contributed by atoms with Gasteiger partial charge in [0.1, 0.15) is 5.75 Å². The van der Waals surface area contributed by atoms with Crippen molar-refractivity contribution in [2.75, 3.05) is 6.61 Å². The lowest BCUT2D eigenvalue weighted by atomic mass is 9.88. The van der Waals surface area contributed by atoms with Gasteiger partial charge in [-0.1, -0.05) is 42.5 Å². The van der Waals surface area contributed by atoms with E-state index in [-0.39, 0.29) is 6.61 Å². The molecular formula is C17H20O2. The molecule has 0 heterocycles. The highest BCUT2D eigenvalue weighted by atomic mass is 16.3. The minimum atomic E-state index is 0.226. The van der Waals surface area contributed by atoms with Crippen LogP contribution in [0.15, 0.2) is 54.6 Å². The SMILES string of the molecule is OCCCC(Cc1ccccc1)c1ccc(O)cc1. The molecule has 2 nitrogen and oxygen atoms in total. The maximum atomic E-state index is 9.36. The highest BCUT2D eigenvalue weighted by Crippen LogP contribution is 2.27. The van der Waals surface area contributed by atoms with Gasteiger partial charge < -0.3 is 10.2 Å². The van der Waals surface area contributed by atoms with Gasteiger partial charge in [0.15, 0.2) is 0 Å². The van der Waals surface area contributed by atoms with Gasteiger partial charge in [0.2, 0.25) is 0 Å². The first-order valence-electron chi connectivity index (χ1n) is 6.73. The lowest BCUT2D eigenvalue weighted by Gasteiger charge is -2.17. The number of benzene rings is 2. The summed E-state index contributed by atoms with van der Waals surface area (Å²) in [5.74, 6) is 0.680. The number of hydrogen-bond acceptors (Lipinski definition) is 2. The Bertz CT molecular complexity index is 476. The summed E-state index contributed by atoms with van der Waals surface area (Å²) < 4.78 is 0. The van der Waals surface area contributed by atoms with Gasteiger partial charge in [0.25, 0.3) is 0 Å². The van der Waals surface area contributed by atoms with E-state index in [0.29, 0.717) is 11.7 Å². The van der Waals surface area contributed by atoms with Crippen LogP contribution in [0.1, 0.15) is 29.9 Å². The van der Waals surface area contributed by atoms with Crippen molar-refractivity contribution in [1.82, 2.24) is 0 Å². The van der Waals surface area contributed by atoms with E-state index < -0.39 is 0 Å². The molecule has 19 heavy (non-hydrogen) atoms. The maximum Gasteiger partial charge on any atom is 0.115 e. The molecule has 2 N–H and O–H groups in total. The average molecular weight is 256 g/mol. The molecule has 0 aromatic heterocycles. The summed E-state index contributed by atoms with van der Waals surface area (Å²) in [5.41, 5.74) is 2.52. The fourth-order valence-electron chi connectivity index (χ4n) is 2.37. The van der Waals surface area contributed by atoms with Gasteiger partial charge in [-0.05, 0) is 48.4 Å². The van der Waals surface area contributed by atoms with Crippen LogP contribution >= 0.6 is 0 Å². The predicted molar refractivity (Wildman–Crippen MR) is 77.3 cm³/mol. The summed E-state index contributed by atoms with van der Waals surface area (Å²) in [4.78, 5) is 0. The first kappa shape index (κ1) is 13.6. The summed E-state index contributed by atoms with van der Waals surface area (Å²) in [7, 11) is 0. The van der Waals surface area contributed by atoms with E-state index >= 15 is 0 Å². The van der Waals surface area contributed by atoms with Crippen molar-refractivity contribution in [3.8, 4) is 5.75 Å². The Kier molecular flexibility index (Phi) is 4.99. The van der Waals surface area contributed by atoms with Crippen molar-refractivity contribution in [3.63, 3.8) is 0 Å². The third-order valence-corrected chi connectivity index (χ3v) is 3.40. The van der Waals surface area contributed by atoms with Gasteiger partial charge in [0, 0.05) is 6.61 Å². The fraction of sp³-hybridized carbons (Fsp3) is 0.294. The average Bonchev–Trinajstić information content (AvgIpc) is 2.45. The second-order valence-corrected chi connectivity index (χ2v) is 4.84. The van der Waals surface area contributed by atoms with E-state index in [1.54, 1.807) is 12.1 Å². The van der Waals surface area contributed by atoms with Crippen LogP contribution in [-0.2, 0) is 6.42 Å². The van der Waals surface area contributed by atoms with Crippen molar-refractivity contribution in [1.29, 1.82) is 0 Å². The topological polar surface area (TPSA) is 40.5 Å². The van der Waals surface area contributed by atoms with Crippen LogP contribution in [-0.4, -0.2) is 16.8 Å². The molecular weight excluding hydrogens is 236 g/mol. The molecule has 2 aromatic carbocycles. The quantitative estimate of drug-likeness (QED) is 0.830. The van der Waals surface area contributed by atoms with Crippen molar-refractivity contribution < 1.29 is 10.2 Å². The number of phenolic OH excluding ortho intramolecular Hbond substituents is 1. The summed E-state index contributed by atoms with van der Waals surface area (Å²) in [6.45, 7) is 0.226. The number of phenols is 1. The number of aliphatic hydroxyl groups excluding tert-OH is 1. The minimum Gasteiger partial charge on any atom is -0.508 e. The zero-order valence-corrected chi connectivity index (χ0v) is 11.0. The Morgan fingerprint density at radius 2 is 1.58 bits per heavy atom. The van der Waals surface area contributed by atoms with Crippen molar-refractivity contribution in [2.45, 2.75) is 25.2 Å². The molecule has 0 saturated heterocycles. The number of aliphatic hydroxyl groups is 1. The third-order valence-electron chi connectivity index (χ3n) is 3.40. The second kappa shape index (κ2) is 6.95. The smallest absolute Gasteiger partial charge is 0.115 e. The van der Waals surface area contributed by atoms with Crippen LogP contribution in [0.3, 0.4) is 0 Å². The molecule has 2 aromatic rings. The van der Waals surface area contributed by atoms with Crippen molar-refractivity contribution in [3.05, 3.63) is 65.7 Å². The minimum absolute atomic E-state index is 0.226. The van der Waals surface area contributed by atoms with Crippen LogP contribution < -0.4 is 0 Å². The van der Waals surface area contributed by atoms with Crippen molar-refractivity contribution >= 4 is 0 Å². The molecule has 1 unspecified atom stereocenters. The largest absolute Gasteiger partial charge is 0.508 e. The monoisotopic (exact) mass is 256 g/mol. The van der Waals surface area contributed by atoms with Crippen LogP contribution in [0, 0.1) is 0 Å². The van der Waals surface area contributed by atoms with E-state index in [9.17, 15) is 5.11 Å². The molecule has 100 valence electrons. The summed E-state index contributed by atoms with van der Waals surface area (Å²) in [6, 6.07) is 17.8. The molecule has 0 aliphatic rings. The van der Waals surface area contributed by atoms with E-state index in [1.165, 1.54) is 11.1 Å². The fourth-order valence-corrected chi connectivity index (χ4v) is 2.37. The Labute approximate surface area is 114 Å². The lowest BCUT2D eigenvalue weighted by molar-refractivity contribution is 0.279. The predicted octanol–water partition coefficient (Wildman–Crippen LogP) is 3.49. The molecule has 1 atom stereocenters. The van der Waals surface area contributed by atoms with Gasteiger partial charge in [-0.15, -0.1) is 0 Å². The Hall–Kier alpha value is -1.80. The van der Waals surface area contributed by atoms with Crippen LogP contribution in [0.5, 0.6) is 5.75 Å². The normalized spacial score (nSPS) is 12.3. The Morgan fingerprint density at radius 3 is 2.21 bits per heavy atom. The standard InChI is InChI=1S/C17H20O2/c18-12-4-7-16(13-14-5-2-1-3-6-14)15-8-10-17(19)11-9-15/h1-3,5-6,8-11,16,18-19H,4,7,12-13H2. The molecule has 0 bridgehead atoms. The molecule has 0 fully saturated rings. The van der Waals surface area contributed by atoms with Gasteiger partial charge in [-0.3, -0.25) is 0 Å². The van der Waals surface area contributed by atoms with Crippen LogP contribution in [0.2, 0.25) is 0 Å². The second-order valence-electron chi connectivity index (χ2n) is 4.84. The molecule has 0 aliphatic heterocycles. The van der Waals surface area contributed by atoms with Crippen LogP contribution in [0.4, 0.5) is 0 Å². The summed E-state index contributed by atoms with van der Waals surface area (Å²) in [6.07, 6.45) is 2.72.